The predicted octanol–water partition coefficient (Wildman–Crippen LogP) is 5.41. The van der Waals surface area contributed by atoms with E-state index in [-0.39, 0.29) is 0 Å². The van der Waals surface area contributed by atoms with Crippen LogP contribution in [0.1, 0.15) is 74.4 Å². The van der Waals surface area contributed by atoms with E-state index in [0.717, 1.165) is 62.9 Å². The number of ether oxygens (including phenoxy) is 2. The molecule has 0 saturated carbocycles. The summed E-state index contributed by atoms with van der Waals surface area (Å²) >= 11 is 0. The first-order valence-electron chi connectivity index (χ1n) is 12.2. The molecular formula is C26H38N4O2. The van der Waals surface area contributed by atoms with Crippen LogP contribution in [0.15, 0.2) is 24.3 Å². The lowest BCUT2D eigenvalue weighted by Gasteiger charge is -2.10. The Morgan fingerprint density at radius 3 is 1.38 bits per heavy atom. The van der Waals surface area contributed by atoms with Gasteiger partial charge in [0.2, 0.25) is 0 Å². The molecule has 0 aliphatic rings. The number of hydrogen-bond acceptors (Lipinski definition) is 4. The lowest BCUT2D eigenvalue weighted by Crippen LogP contribution is -2.03. The molecule has 0 radical (unpaired) electrons. The average Bonchev–Trinajstić information content (AvgIpc) is 3.42. The van der Waals surface area contributed by atoms with Gasteiger partial charge < -0.3 is 9.47 Å². The second-order valence-electron chi connectivity index (χ2n) is 8.04. The van der Waals surface area contributed by atoms with E-state index in [2.05, 4.69) is 48.1 Å². The summed E-state index contributed by atoms with van der Waals surface area (Å²) in [6.07, 6.45) is 7.88. The minimum absolute atomic E-state index is 0.696. The fourth-order valence-corrected chi connectivity index (χ4v) is 4.16. The van der Waals surface area contributed by atoms with Crippen LogP contribution in [0.2, 0.25) is 0 Å². The Balaban J connectivity index is 1.38. The van der Waals surface area contributed by atoms with Gasteiger partial charge in [-0.05, 0) is 86.8 Å². The molecular weight excluding hydrogens is 400 g/mol. The van der Waals surface area contributed by atoms with E-state index in [1.54, 1.807) is 0 Å². The summed E-state index contributed by atoms with van der Waals surface area (Å²) in [6, 6.07) is 7.95. The number of hydrogen-bond donors (Lipinski definition) is 2. The molecule has 3 aromatic rings. The standard InChI is InChI=1S/C26H38N4O2/c1-5-23-21(24(6-2)28-27-23)11-9-17-31-19-13-15-20(16-14-19)32-18-10-12-22-25(7-3)29-30-26(22)8-4/h13-16H,5-12,17-18H2,1-4H3,(H,27,28)(H,29,30). The van der Waals surface area contributed by atoms with Crippen LogP contribution < -0.4 is 9.47 Å². The first kappa shape index (κ1) is 23.9. The molecule has 0 fully saturated rings. The largest absolute Gasteiger partial charge is 0.494 e. The second-order valence-corrected chi connectivity index (χ2v) is 8.04. The fraction of sp³-hybridized carbons (Fsp3) is 0.538. The van der Waals surface area contributed by atoms with Crippen LogP contribution >= 0.6 is 0 Å². The number of rotatable bonds is 14. The summed E-state index contributed by atoms with van der Waals surface area (Å²) in [5, 5.41) is 15.2. The molecule has 2 aromatic heterocycles. The van der Waals surface area contributed by atoms with Gasteiger partial charge in [-0.1, -0.05) is 27.7 Å². The number of aromatic nitrogens is 4. The van der Waals surface area contributed by atoms with Crippen LogP contribution in [-0.2, 0) is 38.5 Å². The van der Waals surface area contributed by atoms with Gasteiger partial charge >= 0.3 is 0 Å². The predicted molar refractivity (Wildman–Crippen MR) is 129 cm³/mol. The van der Waals surface area contributed by atoms with Crippen molar-refractivity contribution < 1.29 is 9.47 Å². The molecule has 3 rings (SSSR count). The quantitative estimate of drug-likeness (QED) is 0.330. The van der Waals surface area contributed by atoms with E-state index >= 15 is 0 Å². The van der Waals surface area contributed by atoms with Gasteiger partial charge in [-0.15, -0.1) is 0 Å². The molecule has 0 amide bonds. The van der Waals surface area contributed by atoms with Crippen LogP contribution in [0.5, 0.6) is 11.5 Å². The average molecular weight is 439 g/mol. The van der Waals surface area contributed by atoms with Crippen molar-refractivity contribution in [2.45, 2.75) is 79.1 Å². The molecule has 0 unspecified atom stereocenters. The van der Waals surface area contributed by atoms with Crippen molar-refractivity contribution in [3.63, 3.8) is 0 Å². The first-order chi connectivity index (χ1) is 15.7. The van der Waals surface area contributed by atoms with Gasteiger partial charge in [0.05, 0.1) is 24.6 Å². The number of H-pyrrole nitrogens is 2. The minimum atomic E-state index is 0.696. The maximum atomic E-state index is 5.94. The fourth-order valence-electron chi connectivity index (χ4n) is 4.16. The van der Waals surface area contributed by atoms with E-state index in [1.807, 2.05) is 24.3 Å². The summed E-state index contributed by atoms with van der Waals surface area (Å²) in [6.45, 7) is 10.0. The Morgan fingerprint density at radius 2 is 1.03 bits per heavy atom. The molecule has 1 aromatic carbocycles. The van der Waals surface area contributed by atoms with Gasteiger partial charge in [0, 0.05) is 11.4 Å². The number of nitrogens with zero attached hydrogens (tertiary/aromatic N) is 2. The molecule has 2 N–H and O–H groups in total. The Morgan fingerprint density at radius 1 is 0.625 bits per heavy atom. The zero-order chi connectivity index (χ0) is 22.8. The second kappa shape index (κ2) is 12.3. The van der Waals surface area contributed by atoms with Crippen LogP contribution in [0.25, 0.3) is 0 Å². The van der Waals surface area contributed by atoms with Gasteiger partial charge in [0.15, 0.2) is 0 Å². The SMILES string of the molecule is CCc1n[nH]c(CC)c1CCCOc1ccc(OCCCc2c(CC)n[nH]c2CC)cc1. The molecule has 0 aliphatic carbocycles. The third kappa shape index (κ3) is 6.15. The molecule has 174 valence electrons. The van der Waals surface area contributed by atoms with Crippen molar-refractivity contribution in [2.75, 3.05) is 13.2 Å². The Kier molecular flexibility index (Phi) is 9.20. The monoisotopic (exact) mass is 438 g/mol. The van der Waals surface area contributed by atoms with Crippen LogP contribution in [0.3, 0.4) is 0 Å². The molecule has 0 bridgehead atoms. The zero-order valence-electron chi connectivity index (χ0n) is 20.1. The highest BCUT2D eigenvalue weighted by Crippen LogP contribution is 2.20. The van der Waals surface area contributed by atoms with Crippen LogP contribution in [-0.4, -0.2) is 33.6 Å². The van der Waals surface area contributed by atoms with Crippen molar-refractivity contribution >= 4 is 0 Å². The van der Waals surface area contributed by atoms with E-state index in [0.29, 0.717) is 13.2 Å². The summed E-state index contributed by atoms with van der Waals surface area (Å²) in [5.74, 6) is 1.77. The number of aryl methyl sites for hydroxylation is 4. The molecule has 0 saturated heterocycles. The Hall–Kier alpha value is -2.76. The van der Waals surface area contributed by atoms with Gasteiger partial charge in [-0.3, -0.25) is 10.2 Å². The van der Waals surface area contributed by atoms with Crippen LogP contribution in [0, 0.1) is 0 Å². The Bertz CT molecular complexity index is 823. The molecule has 0 atom stereocenters. The highest BCUT2D eigenvalue weighted by molar-refractivity contribution is 5.31. The summed E-state index contributed by atoms with van der Waals surface area (Å²) in [4.78, 5) is 0. The van der Waals surface area contributed by atoms with Gasteiger partial charge in [0.25, 0.3) is 0 Å². The van der Waals surface area contributed by atoms with Crippen molar-refractivity contribution in [3.05, 3.63) is 58.2 Å². The van der Waals surface area contributed by atoms with Crippen molar-refractivity contribution in [1.82, 2.24) is 20.4 Å². The third-order valence-corrected chi connectivity index (χ3v) is 5.96. The zero-order valence-corrected chi connectivity index (χ0v) is 20.1. The van der Waals surface area contributed by atoms with E-state index in [9.17, 15) is 0 Å². The van der Waals surface area contributed by atoms with E-state index in [1.165, 1.54) is 33.9 Å². The maximum Gasteiger partial charge on any atom is 0.119 e. The van der Waals surface area contributed by atoms with E-state index in [4.69, 9.17) is 9.47 Å². The topological polar surface area (TPSA) is 75.8 Å². The van der Waals surface area contributed by atoms with Crippen molar-refractivity contribution in [3.8, 4) is 11.5 Å². The summed E-state index contributed by atoms with van der Waals surface area (Å²) in [7, 11) is 0. The van der Waals surface area contributed by atoms with Gasteiger partial charge in [-0.2, -0.15) is 10.2 Å². The molecule has 6 nitrogen and oxygen atoms in total. The van der Waals surface area contributed by atoms with E-state index < -0.39 is 0 Å². The molecule has 32 heavy (non-hydrogen) atoms. The molecule has 0 spiro atoms. The number of aromatic amines is 2. The highest BCUT2D eigenvalue weighted by Gasteiger charge is 2.11. The first-order valence-corrected chi connectivity index (χ1v) is 12.2. The maximum absolute atomic E-state index is 5.94. The smallest absolute Gasteiger partial charge is 0.119 e. The van der Waals surface area contributed by atoms with Crippen molar-refractivity contribution in [2.24, 2.45) is 0 Å². The summed E-state index contributed by atoms with van der Waals surface area (Å²) in [5.41, 5.74) is 7.63. The highest BCUT2D eigenvalue weighted by atomic mass is 16.5. The number of benzene rings is 1. The lowest BCUT2D eigenvalue weighted by atomic mass is 10.0. The Labute approximate surface area is 192 Å². The third-order valence-electron chi connectivity index (χ3n) is 5.96. The van der Waals surface area contributed by atoms with Gasteiger partial charge in [0.1, 0.15) is 11.5 Å². The number of nitrogens with one attached hydrogen (secondary N) is 2. The van der Waals surface area contributed by atoms with Crippen LogP contribution in [0.4, 0.5) is 0 Å². The normalized spacial score (nSPS) is 11.1. The van der Waals surface area contributed by atoms with Crippen molar-refractivity contribution in [1.29, 1.82) is 0 Å². The molecule has 6 heteroatoms. The molecule has 0 aliphatic heterocycles. The van der Waals surface area contributed by atoms with Gasteiger partial charge in [-0.25, -0.2) is 0 Å². The molecule has 2 heterocycles. The lowest BCUT2D eigenvalue weighted by molar-refractivity contribution is 0.302. The minimum Gasteiger partial charge on any atom is -0.494 e. The summed E-state index contributed by atoms with van der Waals surface area (Å²) < 4.78 is 11.9.